The molecule has 132 valence electrons. The topological polar surface area (TPSA) is 60.2 Å². The number of fused-ring (bicyclic) bond motifs is 5. The number of hydrogen-bond acceptors (Lipinski definition) is 3. The first-order chi connectivity index (χ1) is 11.3. The molecule has 4 aliphatic rings. The lowest BCUT2D eigenvalue weighted by molar-refractivity contribution is -0.471. The van der Waals surface area contributed by atoms with E-state index in [0.717, 1.165) is 37.7 Å². The van der Waals surface area contributed by atoms with E-state index < -0.39 is 0 Å². The van der Waals surface area contributed by atoms with E-state index in [4.69, 9.17) is 0 Å². The van der Waals surface area contributed by atoms with E-state index in [1.807, 2.05) is 0 Å². The molecule has 0 spiro atoms. The molecule has 3 saturated carbocycles. The van der Waals surface area contributed by atoms with Crippen LogP contribution in [0.4, 0.5) is 0 Å². The number of nitrogens with zero attached hydrogens (tertiary/aromatic N) is 1. The van der Waals surface area contributed by atoms with Crippen LogP contribution in [0.3, 0.4) is 0 Å². The van der Waals surface area contributed by atoms with E-state index in [-0.39, 0.29) is 22.3 Å². The summed E-state index contributed by atoms with van der Waals surface area (Å²) in [5, 5.41) is 10.9. The second-order valence-electron chi connectivity index (χ2n) is 9.34. The summed E-state index contributed by atoms with van der Waals surface area (Å²) in [6, 6.07) is 0. The van der Waals surface area contributed by atoms with Crippen LogP contribution in [-0.2, 0) is 4.79 Å². The number of carbonyl (C=O) groups excluding carboxylic acids is 1. The minimum atomic E-state index is -0.184. The summed E-state index contributed by atoms with van der Waals surface area (Å²) in [5.41, 5.74) is 1.28. The van der Waals surface area contributed by atoms with Gasteiger partial charge in [-0.3, -0.25) is 14.9 Å². The van der Waals surface area contributed by atoms with Gasteiger partial charge in [-0.15, -0.1) is 0 Å². The van der Waals surface area contributed by atoms with Gasteiger partial charge in [0.1, 0.15) is 5.78 Å². The van der Waals surface area contributed by atoms with Crippen LogP contribution in [0.25, 0.3) is 0 Å². The first kappa shape index (κ1) is 16.3. The minimum Gasteiger partial charge on any atom is -0.299 e. The zero-order valence-corrected chi connectivity index (χ0v) is 14.9. The number of nitro groups is 1. The number of hydrogen-bond donors (Lipinski definition) is 0. The smallest absolute Gasteiger partial charge is 0.224 e. The van der Waals surface area contributed by atoms with Crippen LogP contribution in [0.1, 0.15) is 65.2 Å². The van der Waals surface area contributed by atoms with Gasteiger partial charge in [0, 0.05) is 16.8 Å². The van der Waals surface area contributed by atoms with Crippen molar-refractivity contribution < 1.29 is 9.72 Å². The van der Waals surface area contributed by atoms with E-state index in [2.05, 4.69) is 19.9 Å². The van der Waals surface area contributed by atoms with Crippen molar-refractivity contribution in [3.63, 3.8) is 0 Å². The van der Waals surface area contributed by atoms with Gasteiger partial charge in [0.15, 0.2) is 0 Å². The highest BCUT2D eigenvalue weighted by atomic mass is 16.6. The highest BCUT2D eigenvalue weighted by Crippen LogP contribution is 2.65. The predicted molar refractivity (Wildman–Crippen MR) is 92.1 cm³/mol. The van der Waals surface area contributed by atoms with Crippen molar-refractivity contribution in [3.05, 3.63) is 21.8 Å². The van der Waals surface area contributed by atoms with Crippen molar-refractivity contribution in [2.75, 3.05) is 6.54 Å². The molecule has 0 heterocycles. The van der Waals surface area contributed by atoms with E-state index in [1.54, 1.807) is 0 Å². The predicted octanol–water partition coefficient (Wildman–Crippen LogP) is 4.41. The Kier molecular flexibility index (Phi) is 3.67. The molecule has 0 aromatic carbocycles. The maximum atomic E-state index is 12.4. The third-order valence-corrected chi connectivity index (χ3v) is 8.45. The van der Waals surface area contributed by atoms with Crippen molar-refractivity contribution in [2.24, 2.45) is 34.5 Å². The average molecular weight is 331 g/mol. The van der Waals surface area contributed by atoms with Gasteiger partial charge in [-0.25, -0.2) is 0 Å². The summed E-state index contributed by atoms with van der Waals surface area (Å²) in [5.74, 6) is 3.09. The van der Waals surface area contributed by atoms with Gasteiger partial charge < -0.3 is 0 Å². The quantitative estimate of drug-likeness (QED) is 0.428. The lowest BCUT2D eigenvalue weighted by atomic mass is 9.45. The molecule has 4 aliphatic carbocycles. The Bertz CT molecular complexity index is 612. The van der Waals surface area contributed by atoms with Gasteiger partial charge in [-0.1, -0.05) is 19.9 Å². The fourth-order valence-corrected chi connectivity index (χ4v) is 7.02. The summed E-state index contributed by atoms with van der Waals surface area (Å²) >= 11 is 0. The zero-order chi connectivity index (χ0) is 17.1. The highest BCUT2D eigenvalue weighted by molar-refractivity contribution is 5.87. The van der Waals surface area contributed by atoms with Crippen LogP contribution >= 0.6 is 0 Å². The van der Waals surface area contributed by atoms with Crippen molar-refractivity contribution in [1.29, 1.82) is 0 Å². The van der Waals surface area contributed by atoms with E-state index >= 15 is 0 Å². The van der Waals surface area contributed by atoms with Crippen molar-refractivity contribution in [2.45, 2.75) is 65.2 Å². The Morgan fingerprint density at radius 3 is 2.75 bits per heavy atom. The van der Waals surface area contributed by atoms with Gasteiger partial charge in [0.2, 0.25) is 6.54 Å². The Morgan fingerprint density at radius 1 is 1.21 bits per heavy atom. The molecule has 0 aliphatic heterocycles. The molecule has 4 heteroatoms. The molecule has 6 atom stereocenters. The highest BCUT2D eigenvalue weighted by Gasteiger charge is 2.59. The maximum absolute atomic E-state index is 12.4. The summed E-state index contributed by atoms with van der Waals surface area (Å²) in [6.45, 7) is 4.69. The molecule has 0 bridgehead atoms. The van der Waals surface area contributed by atoms with Crippen molar-refractivity contribution in [3.8, 4) is 0 Å². The first-order valence-corrected chi connectivity index (χ1v) is 9.67. The fraction of sp³-hybridized carbons (Fsp3) is 0.850. The van der Waals surface area contributed by atoms with Gasteiger partial charge >= 0.3 is 0 Å². The van der Waals surface area contributed by atoms with E-state index in [9.17, 15) is 14.9 Å². The number of allylic oxidation sites excluding steroid dienone is 1. The van der Waals surface area contributed by atoms with Gasteiger partial charge in [-0.2, -0.15) is 0 Å². The summed E-state index contributed by atoms with van der Waals surface area (Å²) in [6.07, 6.45) is 10.6. The number of ketones is 1. The molecule has 3 fully saturated rings. The lowest BCUT2D eigenvalue weighted by Crippen LogP contribution is -2.52. The molecule has 0 unspecified atom stereocenters. The molecule has 0 amide bonds. The first-order valence-electron chi connectivity index (χ1n) is 9.67. The van der Waals surface area contributed by atoms with Gasteiger partial charge in [0.05, 0.1) is 0 Å². The summed E-state index contributed by atoms with van der Waals surface area (Å²) in [4.78, 5) is 23.1. The zero-order valence-electron chi connectivity index (χ0n) is 14.9. The molecule has 0 N–H and O–H groups in total. The number of rotatable bonds is 2. The molecular weight excluding hydrogens is 302 g/mol. The SMILES string of the molecule is C[C@]12CC=C(C[N+](=O)[O-])C[C@@H]1CC[C@H]1[C@H]2CC[C@]2(C)C(=O)CC[C@H]12. The van der Waals surface area contributed by atoms with E-state index in [1.165, 1.54) is 19.3 Å². The third kappa shape index (κ3) is 2.21. The minimum absolute atomic E-state index is 0.0237. The fourth-order valence-electron chi connectivity index (χ4n) is 7.02. The second-order valence-corrected chi connectivity index (χ2v) is 9.34. The molecular formula is C20H29NO3. The van der Waals surface area contributed by atoms with Crippen molar-refractivity contribution in [1.82, 2.24) is 0 Å². The molecule has 24 heavy (non-hydrogen) atoms. The normalized spacial score (nSPS) is 47.4. The maximum Gasteiger partial charge on any atom is 0.224 e. The van der Waals surface area contributed by atoms with Crippen LogP contribution in [-0.4, -0.2) is 17.3 Å². The molecule has 4 rings (SSSR count). The molecule has 4 nitrogen and oxygen atoms in total. The monoisotopic (exact) mass is 331 g/mol. The molecule has 0 saturated heterocycles. The molecule has 0 aromatic rings. The van der Waals surface area contributed by atoms with Crippen LogP contribution in [0.2, 0.25) is 0 Å². The van der Waals surface area contributed by atoms with Crippen LogP contribution < -0.4 is 0 Å². The Labute approximate surface area is 144 Å². The Balaban J connectivity index is 1.59. The second kappa shape index (κ2) is 5.40. The number of carbonyl (C=O) groups is 1. The Morgan fingerprint density at radius 2 is 2.00 bits per heavy atom. The van der Waals surface area contributed by atoms with Crippen LogP contribution in [0, 0.1) is 44.6 Å². The van der Waals surface area contributed by atoms with Crippen molar-refractivity contribution >= 4 is 5.78 Å². The van der Waals surface area contributed by atoms with Crippen LogP contribution in [0.15, 0.2) is 11.6 Å². The summed E-state index contributed by atoms with van der Waals surface area (Å²) < 4.78 is 0. The van der Waals surface area contributed by atoms with Gasteiger partial charge in [0.25, 0.3) is 0 Å². The lowest BCUT2D eigenvalue weighted by Gasteiger charge is -2.59. The standard InChI is InChI=1S/C20H29NO3/c1-19-9-7-13(12-21(23)24)11-14(19)3-4-15-16-5-6-18(22)20(16,2)10-8-17(15)19/h7,14-17H,3-6,8-12H2,1-2H3/t14-,15+,16+,17+,19-,20-/m0/s1. The molecule has 0 aromatic heterocycles. The largest absolute Gasteiger partial charge is 0.299 e. The van der Waals surface area contributed by atoms with Crippen LogP contribution in [0.5, 0.6) is 0 Å². The molecule has 0 radical (unpaired) electrons. The Hall–Kier alpha value is -1.19. The third-order valence-electron chi connectivity index (χ3n) is 8.45. The average Bonchev–Trinajstić information content (AvgIpc) is 2.83. The van der Waals surface area contributed by atoms with Gasteiger partial charge in [-0.05, 0) is 79.6 Å². The summed E-state index contributed by atoms with van der Waals surface area (Å²) in [7, 11) is 0. The van der Waals surface area contributed by atoms with E-state index in [0.29, 0.717) is 29.5 Å². The number of Topliss-reactive ketones (excluding diaryl/α,β-unsaturated/α-hetero) is 1.